The maximum absolute atomic E-state index is 12.2. The highest BCUT2D eigenvalue weighted by Gasteiger charge is 2.30. The maximum atomic E-state index is 12.2. The van der Waals surface area contributed by atoms with Crippen LogP contribution >= 0.6 is 23.7 Å². The molecule has 0 saturated carbocycles. The van der Waals surface area contributed by atoms with E-state index in [-0.39, 0.29) is 36.2 Å². The number of aromatic nitrogens is 3. The van der Waals surface area contributed by atoms with Gasteiger partial charge in [-0.25, -0.2) is 19.7 Å². The van der Waals surface area contributed by atoms with Crippen LogP contribution in [0.15, 0.2) is 48.3 Å². The summed E-state index contributed by atoms with van der Waals surface area (Å²) in [5.74, 6) is 0.120. The van der Waals surface area contributed by atoms with Gasteiger partial charge in [-0.2, -0.15) is 0 Å². The quantitative estimate of drug-likeness (QED) is 0.334. The average molecular weight is 625 g/mol. The molecule has 3 aliphatic rings. The topological polar surface area (TPSA) is 164 Å². The number of ether oxygens (including phenoxy) is 1. The second-order valence-corrected chi connectivity index (χ2v) is 10.7. The Hall–Kier alpha value is -4.46. The first kappa shape index (κ1) is 31.5. The van der Waals surface area contributed by atoms with Crippen molar-refractivity contribution in [2.75, 3.05) is 23.7 Å². The van der Waals surface area contributed by atoms with Crippen molar-refractivity contribution in [2.45, 2.75) is 38.4 Å². The number of pyridine rings is 2. The fourth-order valence-corrected chi connectivity index (χ4v) is 4.95. The smallest absolute Gasteiger partial charge is 0.328 e. The number of thiazole rings is 1. The molecule has 3 amide bonds. The summed E-state index contributed by atoms with van der Waals surface area (Å²) in [6, 6.07) is 3.79. The van der Waals surface area contributed by atoms with Gasteiger partial charge in [0.05, 0.1) is 12.7 Å². The number of aryl methyl sites for hydroxylation is 2. The lowest BCUT2D eigenvalue weighted by atomic mass is 10.0. The zero-order valence-electron chi connectivity index (χ0n) is 22.9. The molecule has 0 atom stereocenters. The van der Waals surface area contributed by atoms with E-state index in [0.717, 1.165) is 33.3 Å². The molecule has 6 heterocycles. The van der Waals surface area contributed by atoms with E-state index in [2.05, 4.69) is 25.6 Å². The van der Waals surface area contributed by atoms with Crippen molar-refractivity contribution in [3.63, 3.8) is 0 Å². The van der Waals surface area contributed by atoms with Gasteiger partial charge in [0.1, 0.15) is 16.6 Å². The number of carbonyl (C=O) groups is 4. The minimum atomic E-state index is -0.994. The van der Waals surface area contributed by atoms with Gasteiger partial charge in [0.2, 0.25) is 17.7 Å². The van der Waals surface area contributed by atoms with E-state index in [9.17, 15) is 19.2 Å². The summed E-state index contributed by atoms with van der Waals surface area (Å²) in [6.45, 7) is 1.70. The number of amides is 3. The summed E-state index contributed by atoms with van der Waals surface area (Å²) in [7, 11) is 0. The normalized spacial score (nSPS) is 15.8. The number of carbonyl (C=O) groups excluding carboxylic acids is 3. The molecule has 1 saturated heterocycles. The number of anilines is 2. The van der Waals surface area contributed by atoms with Crippen LogP contribution in [0.25, 0.3) is 12.2 Å². The van der Waals surface area contributed by atoms with Crippen LogP contribution in [0.4, 0.5) is 11.6 Å². The second kappa shape index (κ2) is 14.6. The number of hydrogen-bond donors (Lipinski definition) is 3. The lowest BCUT2D eigenvalue weighted by Crippen LogP contribution is -2.54. The van der Waals surface area contributed by atoms with Crippen LogP contribution in [0, 0.1) is 0 Å². The fourth-order valence-electron chi connectivity index (χ4n) is 4.41. The highest BCUT2D eigenvalue weighted by atomic mass is 35.5. The molecular weight excluding hydrogens is 596 g/mol. The van der Waals surface area contributed by atoms with E-state index in [1.165, 1.54) is 12.3 Å². The zero-order chi connectivity index (χ0) is 29.5. The SMILES string of the molecule is Cl.O=C(O)/C=C/c1cnc2c(c1)CCC(=O)N2.O=C1CCc2cc(/C=C/C(=O)N3CC(OCc4nccs4)C3)cnc2N1. The van der Waals surface area contributed by atoms with Gasteiger partial charge >= 0.3 is 5.97 Å². The average Bonchev–Trinajstić information content (AvgIpc) is 3.48. The van der Waals surface area contributed by atoms with Crippen LogP contribution in [0.1, 0.15) is 40.1 Å². The number of carboxylic acid groups (broad SMARTS) is 1. The van der Waals surface area contributed by atoms with Gasteiger partial charge in [0.15, 0.2) is 0 Å². The Morgan fingerprint density at radius 1 is 0.930 bits per heavy atom. The van der Waals surface area contributed by atoms with Crippen molar-refractivity contribution in [1.29, 1.82) is 0 Å². The molecule has 3 aliphatic heterocycles. The van der Waals surface area contributed by atoms with Gasteiger partial charge in [0, 0.05) is 62.1 Å². The summed E-state index contributed by atoms with van der Waals surface area (Å²) >= 11 is 1.57. The van der Waals surface area contributed by atoms with Gasteiger partial charge in [-0.15, -0.1) is 23.7 Å². The van der Waals surface area contributed by atoms with Gasteiger partial charge in [-0.3, -0.25) is 14.4 Å². The molecule has 14 heteroatoms. The highest BCUT2D eigenvalue weighted by molar-refractivity contribution is 7.09. The van der Waals surface area contributed by atoms with Crippen LogP contribution in [-0.4, -0.2) is 67.8 Å². The molecule has 1 fully saturated rings. The van der Waals surface area contributed by atoms with Crippen molar-refractivity contribution in [3.8, 4) is 0 Å². The van der Waals surface area contributed by atoms with Gasteiger partial charge in [-0.1, -0.05) is 0 Å². The number of likely N-dealkylation sites (tertiary alicyclic amines) is 1. The van der Waals surface area contributed by atoms with Crippen LogP contribution < -0.4 is 10.6 Å². The lowest BCUT2D eigenvalue weighted by Gasteiger charge is -2.38. The Labute approximate surface area is 257 Å². The van der Waals surface area contributed by atoms with E-state index in [1.807, 2.05) is 17.5 Å². The Bertz CT molecular complexity index is 1550. The molecule has 3 aromatic rings. The number of halogens is 1. The fraction of sp³-hybridized carbons (Fsp3) is 0.276. The lowest BCUT2D eigenvalue weighted by molar-refractivity contribution is -0.140. The van der Waals surface area contributed by atoms with E-state index in [1.54, 1.807) is 40.8 Å². The van der Waals surface area contributed by atoms with Gasteiger partial charge in [0.25, 0.3) is 0 Å². The molecule has 0 radical (unpaired) electrons. The van der Waals surface area contributed by atoms with Gasteiger partial charge < -0.3 is 25.4 Å². The van der Waals surface area contributed by atoms with Gasteiger partial charge in [-0.05, 0) is 59.4 Å². The van der Waals surface area contributed by atoms with E-state index in [4.69, 9.17) is 9.84 Å². The minimum absolute atomic E-state index is 0. The number of nitrogens with zero attached hydrogens (tertiary/aromatic N) is 4. The van der Waals surface area contributed by atoms with Crippen LogP contribution in [-0.2, 0) is 43.4 Å². The monoisotopic (exact) mass is 624 g/mol. The number of aliphatic carboxylic acids is 1. The third kappa shape index (κ3) is 8.77. The summed E-state index contributed by atoms with van der Waals surface area (Å²) in [4.78, 5) is 59.2. The van der Waals surface area contributed by atoms with Crippen LogP contribution in [0.5, 0.6) is 0 Å². The largest absolute Gasteiger partial charge is 0.478 e. The zero-order valence-corrected chi connectivity index (χ0v) is 24.5. The summed E-state index contributed by atoms with van der Waals surface area (Å²) in [5.41, 5.74) is 3.51. The first-order valence-corrected chi connectivity index (χ1v) is 14.2. The molecule has 224 valence electrons. The number of nitrogens with one attached hydrogen (secondary N) is 2. The Kier molecular flexibility index (Phi) is 10.7. The summed E-state index contributed by atoms with van der Waals surface area (Å²) in [6.07, 6.45) is 13.1. The third-order valence-corrected chi connectivity index (χ3v) is 7.41. The predicted octanol–water partition coefficient (Wildman–Crippen LogP) is 3.35. The summed E-state index contributed by atoms with van der Waals surface area (Å²) < 4.78 is 5.72. The molecule has 0 spiro atoms. The Balaban J connectivity index is 0.000000215. The minimum Gasteiger partial charge on any atom is -0.478 e. The van der Waals surface area contributed by atoms with Crippen molar-refractivity contribution in [3.05, 3.63) is 75.5 Å². The molecule has 6 rings (SSSR count). The van der Waals surface area contributed by atoms with Crippen molar-refractivity contribution < 1.29 is 29.0 Å². The van der Waals surface area contributed by atoms with Crippen LogP contribution in [0.2, 0.25) is 0 Å². The third-order valence-electron chi connectivity index (χ3n) is 6.66. The maximum Gasteiger partial charge on any atom is 0.328 e. The summed E-state index contributed by atoms with van der Waals surface area (Å²) in [5, 5.41) is 16.8. The molecule has 43 heavy (non-hydrogen) atoms. The molecular formula is C29H29ClN6O6S. The second-order valence-electron chi connectivity index (χ2n) is 9.76. The molecule has 12 nitrogen and oxygen atoms in total. The first-order valence-electron chi connectivity index (χ1n) is 13.3. The van der Waals surface area contributed by atoms with E-state index < -0.39 is 5.97 Å². The van der Waals surface area contributed by atoms with Crippen molar-refractivity contribution in [1.82, 2.24) is 19.9 Å². The van der Waals surface area contributed by atoms with Crippen molar-refractivity contribution in [2.24, 2.45) is 0 Å². The van der Waals surface area contributed by atoms with E-state index >= 15 is 0 Å². The molecule has 0 aromatic carbocycles. The van der Waals surface area contributed by atoms with Crippen LogP contribution in [0.3, 0.4) is 0 Å². The predicted molar refractivity (Wildman–Crippen MR) is 163 cm³/mol. The highest BCUT2D eigenvalue weighted by Crippen LogP contribution is 2.23. The number of fused-ring (bicyclic) bond motifs is 2. The number of hydrogen-bond acceptors (Lipinski definition) is 9. The Morgan fingerprint density at radius 2 is 1.51 bits per heavy atom. The molecule has 3 N–H and O–H groups in total. The number of carboxylic acids is 1. The molecule has 0 bridgehead atoms. The molecule has 3 aromatic heterocycles. The Morgan fingerprint density at radius 3 is 2.05 bits per heavy atom. The molecule has 0 unspecified atom stereocenters. The first-order chi connectivity index (χ1) is 20.3. The molecule has 0 aliphatic carbocycles. The standard InChI is InChI=1S/C18H18N4O3S.C11H10N2O3.ClH/c23-15-3-2-13-7-12(8-20-18(13)21-15)1-4-17(24)22-9-14(10-22)25-11-16-19-5-6-26-16;14-9-3-2-8-5-7(1-4-10(15)16)6-12-11(8)13-9;/h1,4-8,14H,2-3,9-11H2,(H,20,21,23);1,4-6H,2-3H2,(H,15,16)(H,12,13,14);1H/b2*4-1+;. The van der Waals surface area contributed by atoms with E-state index in [0.29, 0.717) is 57.0 Å². The number of rotatable bonds is 7. The van der Waals surface area contributed by atoms with Crippen molar-refractivity contribution >= 4 is 71.2 Å².